The van der Waals surface area contributed by atoms with Crippen molar-refractivity contribution in [2.24, 2.45) is 11.7 Å². The van der Waals surface area contributed by atoms with E-state index in [9.17, 15) is 14.0 Å². The third-order valence-electron chi connectivity index (χ3n) is 2.55. The van der Waals surface area contributed by atoms with E-state index in [2.05, 4.69) is 4.98 Å². The van der Waals surface area contributed by atoms with Crippen molar-refractivity contribution in [3.63, 3.8) is 0 Å². The highest BCUT2D eigenvalue weighted by molar-refractivity contribution is 5.99. The Kier molecular flexibility index (Phi) is 2.55. The van der Waals surface area contributed by atoms with E-state index in [0.29, 0.717) is 5.69 Å². The fraction of sp³-hybridized carbons (Fsp3) is 0.300. The number of primary amides is 1. The molecule has 2 amide bonds. The molecule has 1 unspecified atom stereocenters. The Balaban J connectivity index is 2.20. The van der Waals surface area contributed by atoms with Crippen molar-refractivity contribution < 1.29 is 14.0 Å². The summed E-state index contributed by atoms with van der Waals surface area (Å²) in [5.74, 6) is -1.78. The zero-order valence-electron chi connectivity index (χ0n) is 8.39. The summed E-state index contributed by atoms with van der Waals surface area (Å²) in [7, 11) is 0. The van der Waals surface area contributed by atoms with Gasteiger partial charge < -0.3 is 10.6 Å². The molecule has 1 aliphatic heterocycles. The molecular formula is C10H10FN3O2. The highest BCUT2D eigenvalue weighted by atomic mass is 19.1. The fourth-order valence-corrected chi connectivity index (χ4v) is 1.68. The molecule has 1 atom stereocenters. The number of aromatic nitrogens is 1. The summed E-state index contributed by atoms with van der Waals surface area (Å²) in [6, 6.07) is 2.61. The fourth-order valence-electron chi connectivity index (χ4n) is 1.68. The first-order valence-electron chi connectivity index (χ1n) is 4.79. The molecule has 0 aromatic carbocycles. The maximum absolute atomic E-state index is 12.6. The van der Waals surface area contributed by atoms with Crippen molar-refractivity contribution in [2.75, 3.05) is 11.4 Å². The number of nitrogens with two attached hydrogens (primary N) is 1. The maximum atomic E-state index is 12.6. The predicted octanol–water partition coefficient (Wildman–Crippen LogP) is 0.0589. The molecule has 6 heteroatoms. The van der Waals surface area contributed by atoms with E-state index < -0.39 is 17.8 Å². The standard InChI is InChI=1S/C10H10FN3O2/c11-8-2-1-7(4-13-8)14-5-6(10(12)16)3-9(14)15/h1-2,4,6H,3,5H2,(H2,12,16). The van der Waals surface area contributed by atoms with E-state index >= 15 is 0 Å². The monoisotopic (exact) mass is 223 g/mol. The third kappa shape index (κ3) is 1.86. The summed E-state index contributed by atoms with van der Waals surface area (Å²) in [6.07, 6.45) is 1.36. The van der Waals surface area contributed by atoms with Crippen LogP contribution in [0.2, 0.25) is 0 Å². The number of hydrogen-bond acceptors (Lipinski definition) is 3. The van der Waals surface area contributed by atoms with E-state index in [4.69, 9.17) is 5.73 Å². The van der Waals surface area contributed by atoms with Crippen molar-refractivity contribution in [3.8, 4) is 0 Å². The molecule has 0 bridgehead atoms. The van der Waals surface area contributed by atoms with Gasteiger partial charge in [-0.15, -0.1) is 0 Å². The van der Waals surface area contributed by atoms with E-state index in [-0.39, 0.29) is 18.9 Å². The number of nitrogens with zero attached hydrogens (tertiary/aromatic N) is 2. The van der Waals surface area contributed by atoms with Gasteiger partial charge in [-0.25, -0.2) is 4.98 Å². The molecule has 0 saturated carbocycles. The summed E-state index contributed by atoms with van der Waals surface area (Å²) >= 11 is 0. The Morgan fingerprint density at radius 3 is 2.81 bits per heavy atom. The summed E-state index contributed by atoms with van der Waals surface area (Å²) in [6.45, 7) is 0.238. The minimum absolute atomic E-state index is 0.104. The largest absolute Gasteiger partial charge is 0.369 e. The van der Waals surface area contributed by atoms with Crippen molar-refractivity contribution in [1.29, 1.82) is 0 Å². The second-order valence-electron chi connectivity index (χ2n) is 3.65. The molecule has 16 heavy (non-hydrogen) atoms. The van der Waals surface area contributed by atoms with Crippen LogP contribution in [0, 0.1) is 11.9 Å². The molecule has 1 fully saturated rings. The lowest BCUT2D eigenvalue weighted by atomic mass is 10.1. The minimum Gasteiger partial charge on any atom is -0.369 e. The number of amides is 2. The van der Waals surface area contributed by atoms with E-state index in [1.807, 2.05) is 0 Å². The van der Waals surface area contributed by atoms with Crippen LogP contribution in [0.25, 0.3) is 0 Å². The Hall–Kier alpha value is -1.98. The SMILES string of the molecule is NC(=O)C1CC(=O)N(c2ccc(F)nc2)C1. The summed E-state index contributed by atoms with van der Waals surface area (Å²) < 4.78 is 12.6. The zero-order chi connectivity index (χ0) is 11.7. The van der Waals surface area contributed by atoms with Gasteiger partial charge in [0, 0.05) is 13.0 Å². The van der Waals surface area contributed by atoms with E-state index in [0.717, 1.165) is 0 Å². The lowest BCUT2D eigenvalue weighted by molar-refractivity contribution is -0.123. The van der Waals surface area contributed by atoms with Crippen LogP contribution < -0.4 is 10.6 Å². The van der Waals surface area contributed by atoms with Crippen LogP contribution in [0.1, 0.15) is 6.42 Å². The van der Waals surface area contributed by atoms with Gasteiger partial charge in [-0.2, -0.15) is 4.39 Å². The molecule has 2 N–H and O–H groups in total. The topological polar surface area (TPSA) is 76.3 Å². The summed E-state index contributed by atoms with van der Waals surface area (Å²) in [4.78, 5) is 27.4. The van der Waals surface area contributed by atoms with Gasteiger partial charge in [-0.05, 0) is 12.1 Å². The Labute approximate surface area is 91.1 Å². The second kappa shape index (κ2) is 3.88. The average Bonchev–Trinajstić information content (AvgIpc) is 2.62. The first kappa shape index (κ1) is 10.5. The van der Waals surface area contributed by atoms with Gasteiger partial charge in [0.15, 0.2) is 0 Å². The Morgan fingerprint density at radius 1 is 1.56 bits per heavy atom. The third-order valence-corrected chi connectivity index (χ3v) is 2.55. The number of halogens is 1. The zero-order valence-corrected chi connectivity index (χ0v) is 8.39. The van der Waals surface area contributed by atoms with Crippen molar-refractivity contribution in [1.82, 2.24) is 4.98 Å². The first-order chi connectivity index (χ1) is 7.58. The molecule has 5 nitrogen and oxygen atoms in total. The average molecular weight is 223 g/mol. The van der Waals surface area contributed by atoms with Crippen molar-refractivity contribution >= 4 is 17.5 Å². The number of carbonyl (C=O) groups is 2. The molecule has 0 spiro atoms. The van der Waals surface area contributed by atoms with Gasteiger partial charge in [0.2, 0.25) is 17.8 Å². The smallest absolute Gasteiger partial charge is 0.227 e. The van der Waals surface area contributed by atoms with Gasteiger partial charge >= 0.3 is 0 Å². The molecule has 2 rings (SSSR count). The van der Waals surface area contributed by atoms with E-state index in [1.54, 1.807) is 0 Å². The highest BCUT2D eigenvalue weighted by Crippen LogP contribution is 2.24. The predicted molar refractivity (Wildman–Crippen MR) is 53.8 cm³/mol. The van der Waals surface area contributed by atoms with Crippen molar-refractivity contribution in [3.05, 3.63) is 24.3 Å². The number of rotatable bonds is 2. The minimum atomic E-state index is -0.609. The summed E-state index contributed by atoms with van der Waals surface area (Å²) in [5, 5.41) is 0. The van der Waals surface area contributed by atoms with Crippen LogP contribution in [-0.4, -0.2) is 23.3 Å². The molecule has 0 aliphatic carbocycles. The normalized spacial score (nSPS) is 20.2. The lowest BCUT2D eigenvalue weighted by Crippen LogP contribution is -2.28. The maximum Gasteiger partial charge on any atom is 0.227 e. The van der Waals surface area contributed by atoms with Gasteiger partial charge in [-0.3, -0.25) is 9.59 Å². The van der Waals surface area contributed by atoms with Crippen LogP contribution in [-0.2, 0) is 9.59 Å². The first-order valence-corrected chi connectivity index (χ1v) is 4.79. The molecule has 1 saturated heterocycles. The Morgan fingerprint density at radius 2 is 2.31 bits per heavy atom. The summed E-state index contributed by atoms with van der Waals surface area (Å²) in [5.41, 5.74) is 5.61. The van der Waals surface area contributed by atoms with Gasteiger partial charge in [0.1, 0.15) is 0 Å². The molecule has 2 heterocycles. The van der Waals surface area contributed by atoms with Crippen molar-refractivity contribution in [2.45, 2.75) is 6.42 Å². The lowest BCUT2D eigenvalue weighted by Gasteiger charge is -2.15. The molecule has 1 aliphatic rings. The van der Waals surface area contributed by atoms with E-state index in [1.165, 1.54) is 23.2 Å². The number of carbonyl (C=O) groups excluding carboxylic acids is 2. The second-order valence-corrected chi connectivity index (χ2v) is 3.65. The molecule has 1 aromatic heterocycles. The Bertz CT molecular complexity index is 432. The van der Waals surface area contributed by atoms with Gasteiger partial charge in [-0.1, -0.05) is 0 Å². The number of anilines is 1. The van der Waals surface area contributed by atoms with Crippen LogP contribution >= 0.6 is 0 Å². The van der Waals surface area contributed by atoms with Crippen LogP contribution in [0.3, 0.4) is 0 Å². The van der Waals surface area contributed by atoms with Gasteiger partial charge in [0.05, 0.1) is 17.8 Å². The molecule has 1 aromatic rings. The van der Waals surface area contributed by atoms with Crippen LogP contribution in [0.4, 0.5) is 10.1 Å². The quantitative estimate of drug-likeness (QED) is 0.720. The van der Waals surface area contributed by atoms with Crippen LogP contribution in [0.15, 0.2) is 18.3 Å². The number of hydrogen-bond donors (Lipinski definition) is 1. The van der Waals surface area contributed by atoms with Crippen LogP contribution in [0.5, 0.6) is 0 Å². The van der Waals surface area contributed by atoms with Gasteiger partial charge in [0.25, 0.3) is 0 Å². The molecule has 84 valence electrons. The molecule has 0 radical (unpaired) electrons. The highest BCUT2D eigenvalue weighted by Gasteiger charge is 2.33. The number of pyridine rings is 1. The molecular weight excluding hydrogens is 213 g/mol.